The molecule has 2 fully saturated rings. The van der Waals surface area contributed by atoms with Crippen LogP contribution in [0.25, 0.3) is 0 Å². The Morgan fingerprint density at radius 1 is 1.31 bits per heavy atom. The highest BCUT2D eigenvalue weighted by Crippen LogP contribution is 2.55. The number of fused-ring (bicyclic) bond motifs is 1. The first-order chi connectivity index (χ1) is 15.1. The van der Waals surface area contributed by atoms with E-state index in [9.17, 15) is 14.4 Å². The lowest BCUT2D eigenvalue weighted by Gasteiger charge is -2.35. The van der Waals surface area contributed by atoms with E-state index < -0.39 is 35.1 Å². The van der Waals surface area contributed by atoms with Crippen LogP contribution in [0.5, 0.6) is 0 Å². The van der Waals surface area contributed by atoms with Gasteiger partial charge in [0.05, 0.1) is 24.5 Å². The number of nitrogens with zero attached hydrogens (tertiary/aromatic N) is 1. The molecular formula is C24H33N3O4S. The number of nitrogens with one attached hydrogen (secondary N) is 2. The van der Waals surface area contributed by atoms with Gasteiger partial charge in [0.15, 0.2) is 0 Å². The molecule has 0 unspecified atom stereocenters. The van der Waals surface area contributed by atoms with E-state index in [1.807, 2.05) is 64.3 Å². The molecule has 1 spiro atoms. The zero-order valence-electron chi connectivity index (χ0n) is 19.4. The van der Waals surface area contributed by atoms with Crippen molar-refractivity contribution in [3.05, 3.63) is 34.5 Å². The topological polar surface area (TPSA) is 87.7 Å². The first-order valence-corrected chi connectivity index (χ1v) is 12.3. The van der Waals surface area contributed by atoms with Crippen LogP contribution in [0.3, 0.4) is 0 Å². The number of likely N-dealkylation sites (tertiary alicyclic amines) is 1. The van der Waals surface area contributed by atoms with E-state index in [1.54, 1.807) is 16.2 Å². The number of amides is 3. The molecule has 0 radical (unpaired) electrons. The van der Waals surface area contributed by atoms with Gasteiger partial charge in [-0.25, -0.2) is 0 Å². The van der Waals surface area contributed by atoms with Gasteiger partial charge in [-0.1, -0.05) is 39.0 Å². The highest BCUT2D eigenvalue weighted by atomic mass is 32.1. The smallest absolute Gasteiger partial charge is 0.246 e. The summed E-state index contributed by atoms with van der Waals surface area (Å²) in [6.45, 7) is 10.8. The first-order valence-electron chi connectivity index (χ1n) is 11.4. The predicted molar refractivity (Wildman–Crippen MR) is 123 cm³/mol. The minimum absolute atomic E-state index is 0.170. The molecule has 7 nitrogen and oxygen atoms in total. The lowest BCUT2D eigenvalue weighted by atomic mass is 9.74. The molecule has 32 heavy (non-hydrogen) atoms. The molecule has 4 rings (SSSR count). The highest BCUT2D eigenvalue weighted by molar-refractivity contribution is 7.09. The minimum Gasteiger partial charge on any atom is -0.359 e. The fourth-order valence-electron chi connectivity index (χ4n) is 5.05. The van der Waals surface area contributed by atoms with Crippen LogP contribution in [0, 0.1) is 17.8 Å². The predicted octanol–water partition coefficient (Wildman–Crippen LogP) is 2.48. The van der Waals surface area contributed by atoms with Crippen molar-refractivity contribution < 1.29 is 19.1 Å². The van der Waals surface area contributed by atoms with Crippen LogP contribution in [0.1, 0.15) is 45.9 Å². The maximum atomic E-state index is 13.7. The van der Waals surface area contributed by atoms with Crippen LogP contribution < -0.4 is 10.6 Å². The molecule has 174 valence electrons. The van der Waals surface area contributed by atoms with E-state index in [4.69, 9.17) is 4.74 Å². The van der Waals surface area contributed by atoms with Gasteiger partial charge in [-0.15, -0.1) is 11.3 Å². The average Bonchev–Trinajstić information content (AvgIpc) is 3.48. The maximum Gasteiger partial charge on any atom is 0.246 e. The normalized spacial score (nSPS) is 30.8. The Balaban J connectivity index is 1.63. The van der Waals surface area contributed by atoms with E-state index in [0.717, 1.165) is 11.3 Å². The molecular weight excluding hydrogens is 426 g/mol. The number of rotatable bonds is 8. The summed E-state index contributed by atoms with van der Waals surface area (Å²) in [6.07, 6.45) is 3.96. The van der Waals surface area contributed by atoms with E-state index >= 15 is 0 Å². The van der Waals surface area contributed by atoms with E-state index in [1.165, 1.54) is 0 Å². The van der Waals surface area contributed by atoms with Crippen LogP contribution in [-0.2, 0) is 25.7 Å². The van der Waals surface area contributed by atoms with Gasteiger partial charge in [-0.05, 0) is 37.6 Å². The fourth-order valence-corrected chi connectivity index (χ4v) is 5.70. The standard InChI is InChI=1S/C24H33N3O4S/c1-6-23(4,5)26-21(29)19-24-10-9-16(31-24)17(18(24)22(30)27(19)13-14(2)3)20(28)25-12-15-8-7-11-32-15/h7-11,14,16-19H,6,12-13H2,1-5H3,(H,25,28)(H,26,29)/t16-,17+,18-,19-,24-/m1/s1. The summed E-state index contributed by atoms with van der Waals surface area (Å²) in [5.41, 5.74) is -1.51. The molecule has 0 aliphatic carbocycles. The van der Waals surface area contributed by atoms with Crippen molar-refractivity contribution in [3.8, 4) is 0 Å². The monoisotopic (exact) mass is 459 g/mol. The van der Waals surface area contributed by atoms with E-state index in [-0.39, 0.29) is 23.6 Å². The highest BCUT2D eigenvalue weighted by Gasteiger charge is 2.72. The quantitative estimate of drug-likeness (QED) is 0.585. The van der Waals surface area contributed by atoms with Gasteiger partial charge in [0, 0.05) is 17.0 Å². The molecule has 1 aromatic rings. The number of carbonyl (C=O) groups is 3. The average molecular weight is 460 g/mol. The van der Waals surface area contributed by atoms with Crippen molar-refractivity contribution in [2.75, 3.05) is 6.54 Å². The molecule has 4 heterocycles. The summed E-state index contributed by atoms with van der Waals surface area (Å²) in [6, 6.07) is 3.12. The van der Waals surface area contributed by atoms with Gasteiger partial charge in [0.25, 0.3) is 0 Å². The van der Waals surface area contributed by atoms with Crippen molar-refractivity contribution in [1.29, 1.82) is 0 Å². The third-order valence-electron chi connectivity index (χ3n) is 6.85. The van der Waals surface area contributed by atoms with E-state index in [0.29, 0.717) is 13.1 Å². The zero-order chi connectivity index (χ0) is 23.3. The Morgan fingerprint density at radius 3 is 2.69 bits per heavy atom. The third-order valence-corrected chi connectivity index (χ3v) is 7.73. The summed E-state index contributed by atoms with van der Waals surface area (Å²) in [5.74, 6) is -1.75. The second kappa shape index (κ2) is 8.30. The molecule has 5 atom stereocenters. The van der Waals surface area contributed by atoms with Crippen LogP contribution >= 0.6 is 11.3 Å². The Labute approximate surface area is 193 Å². The molecule has 8 heteroatoms. The molecule has 3 amide bonds. The van der Waals surface area contributed by atoms with Crippen molar-refractivity contribution in [2.45, 2.75) is 70.9 Å². The van der Waals surface area contributed by atoms with Gasteiger partial charge in [0.1, 0.15) is 11.6 Å². The Kier molecular flexibility index (Phi) is 5.96. The SMILES string of the molecule is CCC(C)(C)NC(=O)[C@H]1N(CC(C)C)C(=O)[C@H]2[C@@H](C(=O)NCc3cccs3)[C@H]3C=C[C@@]21O3. The number of thiophene rings is 1. The Bertz CT molecular complexity index is 926. The second-order valence-corrected chi connectivity index (χ2v) is 11.1. The van der Waals surface area contributed by atoms with Gasteiger partial charge in [0.2, 0.25) is 17.7 Å². The third kappa shape index (κ3) is 3.77. The zero-order valence-corrected chi connectivity index (χ0v) is 20.2. The molecule has 3 aliphatic heterocycles. The number of carbonyl (C=O) groups excluding carboxylic acids is 3. The Hall–Kier alpha value is -2.19. The second-order valence-electron chi connectivity index (χ2n) is 10.1. The van der Waals surface area contributed by atoms with Crippen molar-refractivity contribution in [2.24, 2.45) is 17.8 Å². The molecule has 0 saturated carbocycles. The van der Waals surface area contributed by atoms with Crippen LogP contribution in [0.2, 0.25) is 0 Å². The molecule has 2 N–H and O–H groups in total. The summed E-state index contributed by atoms with van der Waals surface area (Å²) in [7, 11) is 0. The largest absolute Gasteiger partial charge is 0.359 e. The van der Waals surface area contributed by atoms with Crippen LogP contribution in [0.4, 0.5) is 0 Å². The molecule has 3 aliphatic rings. The number of ether oxygens (including phenoxy) is 1. The summed E-state index contributed by atoms with van der Waals surface area (Å²) in [5, 5.41) is 8.04. The summed E-state index contributed by atoms with van der Waals surface area (Å²) in [4.78, 5) is 43.1. The number of hydrogen-bond acceptors (Lipinski definition) is 5. The van der Waals surface area contributed by atoms with Gasteiger partial charge in [-0.3, -0.25) is 14.4 Å². The maximum absolute atomic E-state index is 13.7. The van der Waals surface area contributed by atoms with Crippen LogP contribution in [0.15, 0.2) is 29.7 Å². The lowest BCUT2D eigenvalue weighted by Crippen LogP contribution is -2.58. The molecule has 2 saturated heterocycles. The molecule has 0 aromatic carbocycles. The lowest BCUT2D eigenvalue weighted by molar-refractivity contribution is -0.142. The van der Waals surface area contributed by atoms with Gasteiger partial charge >= 0.3 is 0 Å². The van der Waals surface area contributed by atoms with Gasteiger partial charge < -0.3 is 20.3 Å². The first kappa shape index (κ1) is 23.0. The van der Waals surface area contributed by atoms with Crippen LogP contribution in [-0.4, -0.2) is 52.5 Å². The van der Waals surface area contributed by atoms with Gasteiger partial charge in [-0.2, -0.15) is 0 Å². The fraction of sp³-hybridized carbons (Fsp3) is 0.625. The van der Waals surface area contributed by atoms with E-state index in [2.05, 4.69) is 10.6 Å². The number of hydrogen-bond donors (Lipinski definition) is 2. The van der Waals surface area contributed by atoms with Crippen molar-refractivity contribution in [1.82, 2.24) is 15.5 Å². The minimum atomic E-state index is -1.10. The molecule has 1 aromatic heterocycles. The Morgan fingerprint density at radius 2 is 2.06 bits per heavy atom. The van der Waals surface area contributed by atoms with Crippen molar-refractivity contribution in [3.63, 3.8) is 0 Å². The summed E-state index contributed by atoms with van der Waals surface area (Å²) < 4.78 is 6.33. The van der Waals surface area contributed by atoms with Crippen molar-refractivity contribution >= 4 is 29.1 Å². The summed E-state index contributed by atoms with van der Waals surface area (Å²) >= 11 is 1.57. The molecule has 2 bridgehead atoms.